The Morgan fingerprint density at radius 3 is 1.25 bits per heavy atom. The summed E-state index contributed by atoms with van der Waals surface area (Å²) in [5.74, 6) is 0.909. The second-order valence-corrected chi connectivity index (χ2v) is 24.7. The van der Waals surface area contributed by atoms with E-state index in [-0.39, 0.29) is 48.5 Å². The summed E-state index contributed by atoms with van der Waals surface area (Å²) in [6.45, 7) is 9.94. The van der Waals surface area contributed by atoms with E-state index in [1.165, 1.54) is 128 Å². The van der Waals surface area contributed by atoms with Gasteiger partial charge in [0.25, 0.3) is 0 Å². The Hall–Kier alpha value is -3.16. The number of carbonyl (C=O) groups is 2. The fourth-order valence-electron chi connectivity index (χ4n) is 9.13. The van der Waals surface area contributed by atoms with Gasteiger partial charge in [-0.1, -0.05) is 141 Å². The second-order valence-electron chi connectivity index (χ2n) is 20.3. The van der Waals surface area contributed by atoms with E-state index in [0.717, 1.165) is 51.4 Å². The van der Waals surface area contributed by atoms with Gasteiger partial charge in [-0.05, 0) is 78.1 Å². The zero-order valence-electron chi connectivity index (χ0n) is 49.5. The minimum Gasteiger partial charge on any atom is -0.367 e. The van der Waals surface area contributed by atoms with Crippen molar-refractivity contribution in [2.24, 2.45) is 30.0 Å². The smallest absolute Gasteiger partial charge is 0.356 e. The predicted molar refractivity (Wildman–Crippen MR) is 334 cm³/mol. The summed E-state index contributed by atoms with van der Waals surface area (Å²) in [6, 6.07) is -0.749. The molecule has 0 fully saturated rings. The minimum atomic E-state index is -4.18. The summed E-state index contributed by atoms with van der Waals surface area (Å²) in [4.78, 5) is 72.6. The third-order valence-electron chi connectivity index (χ3n) is 13.4. The molecule has 0 aromatic rings. The molecule has 0 aromatic heterocycles. The summed E-state index contributed by atoms with van der Waals surface area (Å²) < 4.78 is 44.5. The van der Waals surface area contributed by atoms with Gasteiger partial charge in [0.15, 0.2) is 12.3 Å². The Morgan fingerprint density at radius 1 is 0.543 bits per heavy atom. The maximum Gasteiger partial charge on any atom is 0.356 e. The molecular weight excluding hydrogens is 1120 g/mol. The van der Waals surface area contributed by atoms with E-state index in [0.29, 0.717) is 57.4 Å². The monoisotopic (exact) mass is 1220 g/mol. The van der Waals surface area contributed by atoms with Crippen LogP contribution in [-0.4, -0.2) is 150 Å². The standard InChI is InChI=1S/C30H54N5O5P.C26H46N5O5P.CH2Cl2/c1-4-7-8-9-10-11-12-13-14-15-16-17-18-19-20-21-27(36)34-29-28-30(32-24-31-29)35(25-33-28)22-23-38-26-41(37,39-5-2)40-6-3;1-2-3-4-5-6-7-8-9-10-11-12-13-14-15-16-17-23(32)30-25-24-26(28-20-27-25)31(21-29-24)18-19-36-22-37(33,34)35;2-1-3/h13-14,24-25,28,30H,4-12,15-23,26H2,1-3H3,(H,31,32,34,36);9-10,20-21,24,26H,2-8,11-19,22H2,1H3,(H2,33,34,35)(H,27,28,30,32);1H2/b14-13-;10-9-;. The van der Waals surface area contributed by atoms with Crippen LogP contribution in [0.3, 0.4) is 0 Å². The van der Waals surface area contributed by atoms with Crippen LogP contribution in [0, 0.1) is 0 Å². The van der Waals surface area contributed by atoms with Gasteiger partial charge in [0.05, 0.1) is 44.4 Å². The molecule has 0 spiro atoms. The van der Waals surface area contributed by atoms with E-state index in [4.69, 9.17) is 51.5 Å². The summed E-state index contributed by atoms with van der Waals surface area (Å²) in [7, 11) is -7.42. The average Bonchev–Trinajstić information content (AvgIpc) is 4.21. The molecule has 0 saturated carbocycles. The number of fused-ring (bicyclic) bond motifs is 2. The molecular formula is C57H102Cl2N10O10P2. The first-order chi connectivity index (χ1) is 39.3. The first-order valence-corrected chi connectivity index (χ1v) is 34.8. The van der Waals surface area contributed by atoms with Crippen molar-refractivity contribution in [3.05, 3.63) is 24.3 Å². The number of carbonyl (C=O) groups excluding carboxylic acids is 2. The number of amides is 2. The van der Waals surface area contributed by atoms with Crippen molar-refractivity contribution < 1.29 is 47.0 Å². The lowest BCUT2D eigenvalue weighted by Crippen LogP contribution is -2.48. The lowest BCUT2D eigenvalue weighted by atomic mass is 10.1. The molecule has 4 heterocycles. The average molecular weight is 1220 g/mol. The number of amidine groups is 2. The molecule has 0 aromatic carbocycles. The second kappa shape index (κ2) is 48.1. The Labute approximate surface area is 496 Å². The summed E-state index contributed by atoms with van der Waals surface area (Å²) >= 11 is 9.53. The van der Waals surface area contributed by atoms with Crippen molar-refractivity contribution in [2.75, 3.05) is 57.6 Å². The van der Waals surface area contributed by atoms with Gasteiger partial charge in [0.1, 0.15) is 49.1 Å². The van der Waals surface area contributed by atoms with E-state index >= 15 is 0 Å². The predicted octanol–water partition coefficient (Wildman–Crippen LogP) is 13.1. The van der Waals surface area contributed by atoms with E-state index in [1.807, 2.05) is 9.80 Å². The maximum atomic E-state index is 12.5. The fraction of sp³-hybridized carbons (Fsp3) is 0.789. The van der Waals surface area contributed by atoms with Gasteiger partial charge >= 0.3 is 15.2 Å². The highest BCUT2D eigenvalue weighted by Gasteiger charge is 2.38. The van der Waals surface area contributed by atoms with Gasteiger partial charge in [-0.15, -0.1) is 23.2 Å². The van der Waals surface area contributed by atoms with Gasteiger partial charge < -0.3 is 48.7 Å². The Morgan fingerprint density at radius 2 is 0.889 bits per heavy atom. The lowest BCUT2D eigenvalue weighted by molar-refractivity contribution is -0.120. The highest BCUT2D eigenvalue weighted by Crippen LogP contribution is 2.47. The fourth-order valence-corrected chi connectivity index (χ4v) is 10.9. The highest BCUT2D eigenvalue weighted by molar-refractivity contribution is 7.53. The molecule has 4 rings (SSSR count). The molecule has 0 aliphatic carbocycles. The topological polar surface area (TPSA) is 250 Å². The van der Waals surface area contributed by atoms with Crippen LogP contribution in [-0.2, 0) is 37.2 Å². The van der Waals surface area contributed by atoms with Crippen LogP contribution in [0.15, 0.2) is 54.3 Å². The number of hydrogen-bond acceptors (Lipinski definition) is 16. The van der Waals surface area contributed by atoms with Gasteiger partial charge in [0, 0.05) is 25.9 Å². The van der Waals surface area contributed by atoms with Gasteiger partial charge in [-0.2, -0.15) is 0 Å². The van der Waals surface area contributed by atoms with Crippen LogP contribution >= 0.6 is 38.4 Å². The number of ether oxygens (including phenoxy) is 2. The van der Waals surface area contributed by atoms with E-state index in [9.17, 15) is 18.7 Å². The lowest BCUT2D eigenvalue weighted by Gasteiger charge is -2.27. The Balaban J connectivity index is 0.000000530. The number of hydrogen-bond donors (Lipinski definition) is 4. The van der Waals surface area contributed by atoms with Gasteiger partial charge in [-0.3, -0.25) is 28.7 Å². The molecule has 0 bridgehead atoms. The molecule has 4 unspecified atom stereocenters. The molecule has 2 amide bonds. The SMILES string of the molecule is CCCCCCCC/C=C\CCCCCCCC(=O)NC1=NC=NC2C1N=CN2CCOCP(=O)(O)O.CCCCCCCC/C=C\CCCCCCCC(=O)NC1=NC=NC2C1N=CN2CCOCP(=O)(OCC)OCC.ClCCl. The van der Waals surface area contributed by atoms with Crippen LogP contribution in [0.1, 0.15) is 207 Å². The van der Waals surface area contributed by atoms with Crippen LogP contribution < -0.4 is 10.6 Å². The highest BCUT2D eigenvalue weighted by atomic mass is 35.5. The number of allylic oxidation sites excluding steroid dienone is 4. The zero-order valence-corrected chi connectivity index (χ0v) is 52.8. The van der Waals surface area contributed by atoms with Crippen molar-refractivity contribution in [3.63, 3.8) is 0 Å². The molecule has 81 heavy (non-hydrogen) atoms. The number of rotatable bonds is 44. The Bertz CT molecular complexity index is 2020. The number of nitrogens with zero attached hydrogens (tertiary/aromatic N) is 8. The molecule has 4 aliphatic rings. The third kappa shape index (κ3) is 36.3. The molecule has 24 heteroatoms. The van der Waals surface area contributed by atoms with Crippen molar-refractivity contribution in [3.8, 4) is 0 Å². The van der Waals surface area contributed by atoms with Gasteiger partial charge in [-0.25, -0.2) is 20.0 Å². The van der Waals surface area contributed by atoms with Crippen LogP contribution in [0.2, 0.25) is 0 Å². The molecule has 4 aliphatic heterocycles. The third-order valence-corrected chi connectivity index (χ3v) is 15.7. The quantitative estimate of drug-likeness (QED) is 0.0192. The molecule has 0 saturated heterocycles. The molecule has 0 radical (unpaired) electrons. The van der Waals surface area contributed by atoms with Crippen LogP contribution in [0.5, 0.6) is 0 Å². The number of unbranched alkanes of at least 4 members (excludes halogenated alkanes) is 22. The molecule has 4 atom stereocenters. The Kier molecular flexibility index (Phi) is 43.9. The first kappa shape index (κ1) is 73.9. The first-order valence-electron chi connectivity index (χ1n) is 30.2. The van der Waals surface area contributed by atoms with E-state index < -0.39 is 27.6 Å². The molecule has 4 N–H and O–H groups in total. The minimum absolute atomic E-state index is 0.0324. The number of alkyl halides is 2. The van der Waals surface area contributed by atoms with Crippen molar-refractivity contribution in [2.45, 2.75) is 232 Å². The summed E-state index contributed by atoms with van der Waals surface area (Å²) in [5.41, 5.74) is 0. The summed E-state index contributed by atoms with van der Waals surface area (Å²) in [6.07, 6.45) is 47.0. The molecule has 464 valence electrons. The van der Waals surface area contributed by atoms with E-state index in [1.54, 1.807) is 26.5 Å². The number of nitrogens with one attached hydrogen (secondary N) is 2. The number of halogens is 2. The van der Waals surface area contributed by atoms with E-state index in [2.05, 4.69) is 78.7 Å². The zero-order chi connectivity index (χ0) is 59.1. The maximum absolute atomic E-state index is 12.5. The van der Waals surface area contributed by atoms with Crippen LogP contribution in [0.4, 0.5) is 0 Å². The molecule has 20 nitrogen and oxygen atoms in total. The van der Waals surface area contributed by atoms with Crippen molar-refractivity contribution in [1.29, 1.82) is 0 Å². The van der Waals surface area contributed by atoms with Crippen molar-refractivity contribution >= 4 is 87.2 Å². The summed E-state index contributed by atoms with van der Waals surface area (Å²) in [5, 5.41) is 6.02. The number of aliphatic imine (C=N–C) groups is 6. The normalized spacial score (nSPS) is 18.2. The van der Waals surface area contributed by atoms with Crippen LogP contribution in [0.25, 0.3) is 0 Å². The largest absolute Gasteiger partial charge is 0.367 e. The van der Waals surface area contributed by atoms with Gasteiger partial charge in [0.2, 0.25) is 11.8 Å². The van der Waals surface area contributed by atoms with Crippen molar-refractivity contribution in [1.82, 2.24) is 20.4 Å².